The molecule has 0 saturated heterocycles. The van der Waals surface area contributed by atoms with Crippen molar-refractivity contribution < 1.29 is 19.2 Å². The van der Waals surface area contributed by atoms with Gasteiger partial charge in [-0.25, -0.2) is 0 Å². The van der Waals surface area contributed by atoms with Crippen molar-refractivity contribution in [1.29, 1.82) is 0 Å². The summed E-state index contributed by atoms with van der Waals surface area (Å²) in [4.78, 5) is 54.9. The van der Waals surface area contributed by atoms with E-state index in [4.69, 9.17) is 0 Å². The maximum Gasteiger partial charge on any atom is 0.261 e. The predicted octanol–water partition coefficient (Wildman–Crippen LogP) is 4.32. The topological polar surface area (TPSA) is 86.8 Å². The number of rotatable bonds is 10. The van der Waals surface area contributed by atoms with Crippen molar-refractivity contribution in [2.45, 2.75) is 76.9 Å². The minimum absolute atomic E-state index is 0.103. The first kappa shape index (κ1) is 25.6. The molecule has 1 saturated carbocycles. The first-order valence-corrected chi connectivity index (χ1v) is 13.1. The van der Waals surface area contributed by atoms with Crippen molar-refractivity contribution >= 4 is 23.6 Å². The van der Waals surface area contributed by atoms with E-state index in [0.717, 1.165) is 31.2 Å². The fraction of sp³-hybridized carbons (Fsp3) is 0.448. The lowest BCUT2D eigenvalue weighted by Gasteiger charge is -2.33. The number of nitrogens with one attached hydrogen (secondary N) is 1. The summed E-state index contributed by atoms with van der Waals surface area (Å²) in [6, 6.07) is 16.0. The number of carbonyl (C=O) groups is 4. The SMILES string of the molecule is CCC(C(=O)NC1CCCCC1)N(Cc1ccccc1)C(=O)CCCN1C(=O)c2ccccc2C1=O. The smallest absolute Gasteiger partial charge is 0.261 e. The number of amides is 4. The van der Waals surface area contributed by atoms with Crippen LogP contribution in [0.25, 0.3) is 0 Å². The Hall–Kier alpha value is -3.48. The number of hydrogen-bond donors (Lipinski definition) is 1. The van der Waals surface area contributed by atoms with Gasteiger partial charge >= 0.3 is 0 Å². The number of imide groups is 1. The van der Waals surface area contributed by atoms with Gasteiger partial charge in [0.1, 0.15) is 6.04 Å². The molecule has 1 unspecified atom stereocenters. The van der Waals surface area contributed by atoms with Crippen LogP contribution in [0.1, 0.15) is 84.6 Å². The van der Waals surface area contributed by atoms with Gasteiger partial charge in [-0.05, 0) is 43.4 Å². The average Bonchev–Trinajstić information content (AvgIpc) is 3.14. The third-order valence-electron chi connectivity index (χ3n) is 7.18. The standard InChI is InChI=1S/C29H35N3O4/c1-2-25(27(34)30-22-14-7-4-8-15-22)32(20-21-12-5-3-6-13-21)26(33)18-11-19-31-28(35)23-16-9-10-17-24(23)29(31)36/h3,5-6,9-10,12-13,16-17,22,25H,2,4,7-8,11,14-15,18-20H2,1H3,(H,30,34). The summed E-state index contributed by atoms with van der Waals surface area (Å²) in [6.07, 6.45) is 6.40. The molecule has 2 aromatic rings. The van der Waals surface area contributed by atoms with Crippen molar-refractivity contribution in [1.82, 2.24) is 15.1 Å². The van der Waals surface area contributed by atoms with Crippen LogP contribution in [0.2, 0.25) is 0 Å². The first-order valence-electron chi connectivity index (χ1n) is 13.1. The molecule has 1 atom stereocenters. The van der Waals surface area contributed by atoms with E-state index in [0.29, 0.717) is 30.5 Å². The van der Waals surface area contributed by atoms with E-state index in [1.165, 1.54) is 11.3 Å². The maximum atomic E-state index is 13.5. The Kier molecular flexibility index (Phi) is 8.52. The summed E-state index contributed by atoms with van der Waals surface area (Å²) >= 11 is 0. The predicted molar refractivity (Wildman–Crippen MR) is 137 cm³/mol. The van der Waals surface area contributed by atoms with Crippen molar-refractivity contribution in [2.24, 2.45) is 0 Å². The van der Waals surface area contributed by atoms with Gasteiger partial charge in [-0.15, -0.1) is 0 Å². The van der Waals surface area contributed by atoms with Gasteiger partial charge in [0.25, 0.3) is 11.8 Å². The molecule has 1 aliphatic carbocycles. The van der Waals surface area contributed by atoms with Crippen molar-refractivity contribution in [3.63, 3.8) is 0 Å². The van der Waals surface area contributed by atoms with Gasteiger partial charge in [0.2, 0.25) is 11.8 Å². The summed E-state index contributed by atoms with van der Waals surface area (Å²) in [5, 5.41) is 3.18. The van der Waals surface area contributed by atoms with Crippen LogP contribution in [0.5, 0.6) is 0 Å². The zero-order chi connectivity index (χ0) is 25.5. The molecule has 1 N–H and O–H groups in total. The third kappa shape index (κ3) is 5.83. The van der Waals surface area contributed by atoms with E-state index in [1.54, 1.807) is 29.2 Å². The minimum Gasteiger partial charge on any atom is -0.352 e. The summed E-state index contributed by atoms with van der Waals surface area (Å²) in [6.45, 7) is 2.43. The molecule has 1 fully saturated rings. The van der Waals surface area contributed by atoms with Gasteiger partial charge in [0, 0.05) is 25.6 Å². The molecule has 1 heterocycles. The van der Waals surface area contributed by atoms with Crippen LogP contribution in [-0.4, -0.2) is 52.1 Å². The molecule has 7 heteroatoms. The Labute approximate surface area is 212 Å². The zero-order valence-corrected chi connectivity index (χ0v) is 20.9. The Morgan fingerprint density at radius 3 is 2.17 bits per heavy atom. The first-order chi connectivity index (χ1) is 17.5. The van der Waals surface area contributed by atoms with E-state index in [-0.39, 0.29) is 42.6 Å². The summed E-state index contributed by atoms with van der Waals surface area (Å²) in [5.41, 5.74) is 1.77. The van der Waals surface area contributed by atoms with E-state index >= 15 is 0 Å². The Bertz CT molecular complexity index is 1060. The van der Waals surface area contributed by atoms with Gasteiger partial charge in [0.15, 0.2) is 0 Å². The monoisotopic (exact) mass is 489 g/mol. The molecule has 190 valence electrons. The van der Waals surface area contributed by atoms with Crippen LogP contribution >= 0.6 is 0 Å². The Morgan fingerprint density at radius 1 is 0.944 bits per heavy atom. The fourth-order valence-corrected chi connectivity index (χ4v) is 5.22. The van der Waals surface area contributed by atoms with Gasteiger partial charge in [0.05, 0.1) is 11.1 Å². The molecule has 2 aliphatic rings. The number of fused-ring (bicyclic) bond motifs is 1. The molecular weight excluding hydrogens is 454 g/mol. The Balaban J connectivity index is 1.42. The largest absolute Gasteiger partial charge is 0.352 e. The second-order valence-electron chi connectivity index (χ2n) is 9.69. The molecular formula is C29H35N3O4. The van der Waals surface area contributed by atoms with Crippen LogP contribution in [0, 0.1) is 0 Å². The van der Waals surface area contributed by atoms with Crippen LogP contribution in [-0.2, 0) is 16.1 Å². The fourth-order valence-electron chi connectivity index (χ4n) is 5.22. The quantitative estimate of drug-likeness (QED) is 0.504. The van der Waals surface area contributed by atoms with Crippen molar-refractivity contribution in [2.75, 3.05) is 6.54 Å². The average molecular weight is 490 g/mol. The van der Waals surface area contributed by atoms with Crippen molar-refractivity contribution in [3.05, 3.63) is 71.3 Å². The molecule has 2 aromatic carbocycles. The van der Waals surface area contributed by atoms with Crippen LogP contribution < -0.4 is 5.32 Å². The highest BCUT2D eigenvalue weighted by molar-refractivity contribution is 6.21. The van der Waals surface area contributed by atoms with E-state index in [1.807, 2.05) is 37.3 Å². The van der Waals surface area contributed by atoms with E-state index in [9.17, 15) is 19.2 Å². The lowest BCUT2D eigenvalue weighted by atomic mass is 9.95. The van der Waals surface area contributed by atoms with Crippen LogP contribution in [0.15, 0.2) is 54.6 Å². The number of nitrogens with zero attached hydrogens (tertiary/aromatic N) is 2. The third-order valence-corrected chi connectivity index (χ3v) is 7.18. The highest BCUT2D eigenvalue weighted by Gasteiger charge is 2.35. The highest BCUT2D eigenvalue weighted by atomic mass is 16.2. The van der Waals surface area contributed by atoms with Gasteiger partial charge in [-0.1, -0.05) is 68.7 Å². The molecule has 0 bridgehead atoms. The molecule has 1 aliphatic heterocycles. The molecule has 0 spiro atoms. The lowest BCUT2D eigenvalue weighted by Crippen LogP contribution is -2.51. The van der Waals surface area contributed by atoms with Gasteiger partial charge in [-0.2, -0.15) is 0 Å². The second kappa shape index (κ2) is 12.0. The second-order valence-corrected chi connectivity index (χ2v) is 9.69. The summed E-state index contributed by atoms with van der Waals surface area (Å²) in [7, 11) is 0. The van der Waals surface area contributed by atoms with Gasteiger partial charge in [-0.3, -0.25) is 24.1 Å². The molecule has 4 rings (SSSR count). The highest BCUT2D eigenvalue weighted by Crippen LogP contribution is 2.23. The molecule has 36 heavy (non-hydrogen) atoms. The molecule has 7 nitrogen and oxygen atoms in total. The van der Waals surface area contributed by atoms with Crippen molar-refractivity contribution in [3.8, 4) is 0 Å². The van der Waals surface area contributed by atoms with E-state index in [2.05, 4.69) is 5.32 Å². The summed E-state index contributed by atoms with van der Waals surface area (Å²) < 4.78 is 0. The number of hydrogen-bond acceptors (Lipinski definition) is 4. The number of carbonyl (C=O) groups excluding carboxylic acids is 4. The molecule has 0 aromatic heterocycles. The normalized spacial score (nSPS) is 16.5. The van der Waals surface area contributed by atoms with Crippen LogP contribution in [0.4, 0.5) is 0 Å². The van der Waals surface area contributed by atoms with E-state index < -0.39 is 6.04 Å². The molecule has 0 radical (unpaired) electrons. The molecule has 4 amide bonds. The number of benzene rings is 2. The zero-order valence-electron chi connectivity index (χ0n) is 20.9. The maximum absolute atomic E-state index is 13.5. The van der Waals surface area contributed by atoms with Gasteiger partial charge < -0.3 is 10.2 Å². The minimum atomic E-state index is -0.570. The summed E-state index contributed by atoms with van der Waals surface area (Å²) in [5.74, 6) is -0.889. The Morgan fingerprint density at radius 2 is 1.56 bits per heavy atom. The lowest BCUT2D eigenvalue weighted by molar-refractivity contribution is -0.142. The van der Waals surface area contributed by atoms with Crippen LogP contribution in [0.3, 0.4) is 0 Å².